The third-order valence-electron chi connectivity index (χ3n) is 3.24. The smallest absolute Gasteiger partial charge is 0.410 e. The topological polar surface area (TPSA) is 103 Å². The number of carbonyl (C=O) groups excluding carboxylic acids is 1. The van der Waals surface area contributed by atoms with Gasteiger partial charge in [-0.1, -0.05) is 0 Å². The zero-order valence-corrected chi connectivity index (χ0v) is 14.0. The standard InChI is InChI=1S/C14H19N3O5S/c1-14(2,3)22-13(18)16-7-6-11(9-16)23(21)12-5-4-10(8-15-12)17(19)20/h4-5,8,11H,6-7,9H2,1-3H3/t11-,23-/m1/s1. The van der Waals surface area contributed by atoms with E-state index in [4.69, 9.17) is 4.74 Å². The van der Waals surface area contributed by atoms with Crippen LogP contribution in [0.15, 0.2) is 23.4 Å². The summed E-state index contributed by atoms with van der Waals surface area (Å²) in [6, 6.07) is 2.67. The molecule has 0 N–H and O–H groups in total. The van der Waals surface area contributed by atoms with Crippen molar-refractivity contribution in [1.29, 1.82) is 0 Å². The van der Waals surface area contributed by atoms with Gasteiger partial charge in [0.25, 0.3) is 5.69 Å². The van der Waals surface area contributed by atoms with Gasteiger partial charge in [-0.2, -0.15) is 0 Å². The molecule has 0 unspecified atom stereocenters. The molecule has 1 saturated heterocycles. The summed E-state index contributed by atoms with van der Waals surface area (Å²) >= 11 is 0. The van der Waals surface area contributed by atoms with E-state index in [0.29, 0.717) is 19.5 Å². The summed E-state index contributed by atoms with van der Waals surface area (Å²) in [6.07, 6.45) is 1.24. The lowest BCUT2D eigenvalue weighted by Crippen LogP contribution is -2.36. The Morgan fingerprint density at radius 1 is 1.48 bits per heavy atom. The van der Waals surface area contributed by atoms with Gasteiger partial charge in [-0.3, -0.25) is 14.3 Å². The average Bonchev–Trinajstić information content (AvgIpc) is 2.94. The third-order valence-corrected chi connectivity index (χ3v) is 4.88. The molecule has 1 aliphatic rings. The maximum atomic E-state index is 12.5. The van der Waals surface area contributed by atoms with Crippen molar-refractivity contribution in [3.63, 3.8) is 0 Å². The molecule has 8 nitrogen and oxygen atoms in total. The van der Waals surface area contributed by atoms with Crippen molar-refractivity contribution in [1.82, 2.24) is 9.88 Å². The van der Waals surface area contributed by atoms with Gasteiger partial charge in [-0.05, 0) is 33.3 Å². The molecule has 2 atom stereocenters. The number of nitrogens with zero attached hydrogens (tertiary/aromatic N) is 3. The number of rotatable bonds is 3. The average molecular weight is 341 g/mol. The molecule has 0 saturated carbocycles. The van der Waals surface area contributed by atoms with Crippen molar-refractivity contribution in [3.05, 3.63) is 28.4 Å². The number of hydrogen-bond donors (Lipinski definition) is 0. The Labute approximate surface area is 136 Å². The van der Waals surface area contributed by atoms with Gasteiger partial charge in [-0.25, -0.2) is 9.78 Å². The Morgan fingerprint density at radius 3 is 2.70 bits per heavy atom. The molecule has 1 aromatic rings. The summed E-state index contributed by atoms with van der Waals surface area (Å²) in [5.74, 6) is 0. The van der Waals surface area contributed by atoms with Crippen LogP contribution in [0.4, 0.5) is 10.5 Å². The van der Waals surface area contributed by atoms with Crippen LogP contribution in [-0.2, 0) is 15.5 Å². The fraction of sp³-hybridized carbons (Fsp3) is 0.571. The zero-order valence-electron chi connectivity index (χ0n) is 13.2. The third kappa shape index (κ3) is 4.47. The summed E-state index contributed by atoms with van der Waals surface area (Å²) in [5, 5.41) is 10.6. The van der Waals surface area contributed by atoms with Gasteiger partial charge in [-0.15, -0.1) is 0 Å². The van der Waals surface area contributed by atoms with Gasteiger partial charge in [0, 0.05) is 19.2 Å². The molecular weight excluding hydrogens is 322 g/mol. The quantitative estimate of drug-likeness (QED) is 0.616. The van der Waals surface area contributed by atoms with Gasteiger partial charge in [0.15, 0.2) is 0 Å². The molecule has 2 rings (SSSR count). The van der Waals surface area contributed by atoms with E-state index < -0.39 is 27.4 Å². The van der Waals surface area contributed by atoms with Crippen LogP contribution in [0.3, 0.4) is 0 Å². The van der Waals surface area contributed by atoms with Crippen molar-refractivity contribution >= 4 is 22.6 Å². The summed E-state index contributed by atoms with van der Waals surface area (Å²) in [6.45, 7) is 6.16. The van der Waals surface area contributed by atoms with Gasteiger partial charge in [0.05, 0.1) is 21.0 Å². The maximum absolute atomic E-state index is 12.5. The Hall–Kier alpha value is -2.03. The normalized spacial score (nSPS) is 19.4. The number of carbonyl (C=O) groups is 1. The monoisotopic (exact) mass is 341 g/mol. The lowest BCUT2D eigenvalue weighted by Gasteiger charge is -2.24. The first-order chi connectivity index (χ1) is 10.7. The van der Waals surface area contributed by atoms with E-state index in [1.165, 1.54) is 17.0 Å². The minimum absolute atomic E-state index is 0.146. The molecular formula is C14H19N3O5S. The van der Waals surface area contributed by atoms with E-state index in [-0.39, 0.29) is 16.0 Å². The number of likely N-dealkylation sites (tertiary alicyclic amines) is 1. The van der Waals surface area contributed by atoms with Crippen LogP contribution in [0.25, 0.3) is 0 Å². The SMILES string of the molecule is CC(C)(C)OC(=O)N1CC[C@@H]([S@@](=O)c2ccc([N+](=O)[O-])cn2)C1. The van der Waals surface area contributed by atoms with E-state index in [9.17, 15) is 19.1 Å². The predicted molar refractivity (Wildman–Crippen MR) is 83.5 cm³/mol. The highest BCUT2D eigenvalue weighted by atomic mass is 32.2. The molecule has 0 bridgehead atoms. The highest BCUT2D eigenvalue weighted by Gasteiger charge is 2.33. The van der Waals surface area contributed by atoms with Crippen LogP contribution >= 0.6 is 0 Å². The molecule has 1 fully saturated rings. The van der Waals surface area contributed by atoms with Crippen LogP contribution < -0.4 is 0 Å². The molecule has 0 aliphatic carbocycles. The number of amides is 1. The summed E-state index contributed by atoms with van der Waals surface area (Å²) in [5.41, 5.74) is -0.721. The van der Waals surface area contributed by atoms with Crippen molar-refractivity contribution < 1.29 is 18.7 Å². The number of pyridine rings is 1. The van der Waals surface area contributed by atoms with E-state index in [2.05, 4.69) is 4.98 Å². The molecule has 0 spiro atoms. The van der Waals surface area contributed by atoms with Crippen molar-refractivity contribution in [2.24, 2.45) is 0 Å². The van der Waals surface area contributed by atoms with Crippen LogP contribution in [-0.4, -0.2) is 49.0 Å². The minimum atomic E-state index is -1.42. The Bertz CT molecular complexity index is 626. The first-order valence-electron chi connectivity index (χ1n) is 7.16. The number of aromatic nitrogens is 1. The van der Waals surface area contributed by atoms with Crippen molar-refractivity contribution in [3.8, 4) is 0 Å². The second-order valence-corrected chi connectivity index (χ2v) is 7.93. The molecule has 2 heterocycles. The fourth-order valence-corrected chi connectivity index (χ4v) is 3.50. The molecule has 23 heavy (non-hydrogen) atoms. The van der Waals surface area contributed by atoms with Crippen molar-refractivity contribution in [2.45, 2.75) is 43.1 Å². The molecule has 9 heteroatoms. The van der Waals surface area contributed by atoms with Crippen LogP contribution in [0.5, 0.6) is 0 Å². The first-order valence-corrected chi connectivity index (χ1v) is 8.37. The van der Waals surface area contributed by atoms with E-state index >= 15 is 0 Å². The molecule has 1 aliphatic heterocycles. The summed E-state index contributed by atoms with van der Waals surface area (Å²) in [7, 11) is -1.42. The lowest BCUT2D eigenvalue weighted by molar-refractivity contribution is -0.385. The van der Waals surface area contributed by atoms with E-state index in [1.54, 1.807) is 20.8 Å². The largest absolute Gasteiger partial charge is 0.444 e. The molecule has 1 aromatic heterocycles. The van der Waals surface area contributed by atoms with Gasteiger partial charge < -0.3 is 9.64 Å². The second-order valence-electron chi connectivity index (χ2n) is 6.25. The van der Waals surface area contributed by atoms with Gasteiger partial charge >= 0.3 is 6.09 Å². The van der Waals surface area contributed by atoms with Gasteiger partial charge in [0.2, 0.25) is 0 Å². The number of nitro groups is 1. The zero-order chi connectivity index (χ0) is 17.2. The number of hydrogen-bond acceptors (Lipinski definition) is 6. The highest BCUT2D eigenvalue weighted by molar-refractivity contribution is 7.85. The molecule has 126 valence electrons. The number of ether oxygens (including phenoxy) is 1. The second kappa shape index (κ2) is 6.61. The summed E-state index contributed by atoms with van der Waals surface area (Å²) < 4.78 is 17.8. The lowest BCUT2D eigenvalue weighted by atomic mass is 10.2. The van der Waals surface area contributed by atoms with Crippen molar-refractivity contribution in [2.75, 3.05) is 13.1 Å². The Balaban J connectivity index is 1.99. The highest BCUT2D eigenvalue weighted by Crippen LogP contribution is 2.22. The van der Waals surface area contributed by atoms with Crippen LogP contribution in [0, 0.1) is 10.1 Å². The summed E-state index contributed by atoms with van der Waals surface area (Å²) in [4.78, 5) is 27.5. The minimum Gasteiger partial charge on any atom is -0.444 e. The molecule has 0 radical (unpaired) electrons. The van der Waals surface area contributed by atoms with Gasteiger partial charge in [0.1, 0.15) is 16.8 Å². The van der Waals surface area contributed by atoms with E-state index in [0.717, 1.165) is 6.20 Å². The van der Waals surface area contributed by atoms with E-state index in [1.807, 2.05) is 0 Å². The molecule has 0 aromatic carbocycles. The Kier molecular flexibility index (Phi) is 4.98. The fourth-order valence-electron chi connectivity index (χ4n) is 2.17. The molecule has 1 amide bonds. The Morgan fingerprint density at radius 2 is 2.17 bits per heavy atom. The van der Waals surface area contributed by atoms with Crippen LogP contribution in [0.1, 0.15) is 27.2 Å². The van der Waals surface area contributed by atoms with Crippen LogP contribution in [0.2, 0.25) is 0 Å². The maximum Gasteiger partial charge on any atom is 0.410 e. The first kappa shape index (κ1) is 17.3. The predicted octanol–water partition coefficient (Wildman–Crippen LogP) is 2.11.